The summed E-state index contributed by atoms with van der Waals surface area (Å²) in [6.45, 7) is 4.55. The number of hydrogen-bond donors (Lipinski definition) is 1. The molecule has 0 unspecified atom stereocenters. The van der Waals surface area contributed by atoms with Gasteiger partial charge in [-0.2, -0.15) is 0 Å². The summed E-state index contributed by atoms with van der Waals surface area (Å²) in [6, 6.07) is 4.80. The maximum absolute atomic E-state index is 12.0. The number of unbranched alkanes of at least 4 members (excludes halogenated alkanes) is 32. The molecule has 0 aromatic heterocycles. The first-order valence-corrected chi connectivity index (χ1v) is 23.0. The molecule has 0 fully saturated rings. The number of benzene rings is 1. The number of carbonyl (C=O) groups is 3. The second-order valence-electron chi connectivity index (χ2n) is 15.7. The average molecular weight is 759 g/mol. The number of carboxylic acid groups (broad SMARTS) is 1. The highest BCUT2D eigenvalue weighted by Gasteiger charge is 2.11. The fourth-order valence-corrected chi connectivity index (χ4v) is 7.01. The molecular formula is C48H86O6. The van der Waals surface area contributed by atoms with Crippen molar-refractivity contribution in [2.24, 2.45) is 0 Å². The third kappa shape index (κ3) is 36.6. The first kappa shape index (κ1) is 51.6. The van der Waals surface area contributed by atoms with E-state index >= 15 is 0 Å². The van der Waals surface area contributed by atoms with Crippen LogP contribution in [-0.4, -0.2) is 30.4 Å². The van der Waals surface area contributed by atoms with E-state index in [0.717, 1.165) is 32.0 Å². The maximum Gasteiger partial charge on any atom is 0.311 e. The summed E-state index contributed by atoms with van der Waals surface area (Å²) in [4.78, 5) is 33.2. The van der Waals surface area contributed by atoms with Crippen LogP contribution in [0.25, 0.3) is 0 Å². The van der Waals surface area contributed by atoms with Gasteiger partial charge in [0, 0.05) is 18.4 Å². The third-order valence-corrected chi connectivity index (χ3v) is 10.5. The van der Waals surface area contributed by atoms with Crippen LogP contribution in [0.2, 0.25) is 0 Å². The van der Waals surface area contributed by atoms with Gasteiger partial charge >= 0.3 is 11.9 Å². The lowest BCUT2D eigenvalue weighted by Gasteiger charge is -2.09. The first-order valence-electron chi connectivity index (χ1n) is 23.0. The smallest absolute Gasteiger partial charge is 0.311 e. The number of esters is 1. The van der Waals surface area contributed by atoms with E-state index in [1.54, 1.807) is 18.2 Å². The van der Waals surface area contributed by atoms with Gasteiger partial charge in [0.1, 0.15) is 6.29 Å². The van der Waals surface area contributed by atoms with E-state index < -0.39 is 5.97 Å². The fraction of sp³-hybridized carbons (Fsp3) is 0.812. The van der Waals surface area contributed by atoms with Crippen molar-refractivity contribution >= 4 is 18.2 Å². The van der Waals surface area contributed by atoms with Gasteiger partial charge in [0.2, 0.25) is 0 Å². The molecule has 0 aliphatic rings. The minimum atomic E-state index is -0.652. The molecule has 6 nitrogen and oxygen atoms in total. The predicted octanol–water partition coefficient (Wildman–Crippen LogP) is 15.6. The number of hydrogen-bond acceptors (Lipinski definition) is 5. The standard InChI is InChI=1S/C28H46O4.C20H40O2/c1-3-4-5-6-7-8-9-10-11-12-13-14-15-16-17-18-19-20-28(30)32-26-22-21-25(24-29)23-27(26)31-2;1-2-3-4-5-6-7-8-9-10-11-12-13-14-15-16-17-18-19-20(21)22/h21-24H,3-20H2,1-2H3;2-19H2,1H3,(H,21,22). The number of rotatable bonds is 39. The summed E-state index contributed by atoms with van der Waals surface area (Å²) in [5, 5.41) is 8.54. The highest BCUT2D eigenvalue weighted by molar-refractivity contribution is 5.78. The summed E-state index contributed by atoms with van der Waals surface area (Å²) in [7, 11) is 1.50. The number of ether oxygens (including phenoxy) is 2. The van der Waals surface area contributed by atoms with Gasteiger partial charge in [0.15, 0.2) is 11.5 Å². The molecule has 0 bridgehead atoms. The van der Waals surface area contributed by atoms with Crippen molar-refractivity contribution < 1.29 is 29.0 Å². The van der Waals surface area contributed by atoms with E-state index in [-0.39, 0.29) is 5.97 Å². The molecule has 1 N–H and O–H groups in total. The van der Waals surface area contributed by atoms with E-state index in [9.17, 15) is 14.4 Å². The Hall–Kier alpha value is -2.37. The van der Waals surface area contributed by atoms with Gasteiger partial charge in [-0.25, -0.2) is 0 Å². The summed E-state index contributed by atoms with van der Waals surface area (Å²) in [6.07, 6.45) is 46.8. The summed E-state index contributed by atoms with van der Waals surface area (Å²) in [5.41, 5.74) is 0.495. The molecule has 54 heavy (non-hydrogen) atoms. The van der Waals surface area contributed by atoms with Crippen LogP contribution in [0.3, 0.4) is 0 Å². The van der Waals surface area contributed by atoms with Crippen molar-refractivity contribution in [3.8, 4) is 11.5 Å². The average Bonchev–Trinajstić information content (AvgIpc) is 3.17. The lowest BCUT2D eigenvalue weighted by atomic mass is 10.0. The molecule has 0 amide bonds. The molecule has 0 aliphatic carbocycles. The largest absolute Gasteiger partial charge is 0.493 e. The number of aliphatic carboxylic acids is 1. The molecule has 0 radical (unpaired) electrons. The van der Waals surface area contributed by atoms with Gasteiger partial charge in [-0.05, 0) is 31.0 Å². The molecule has 0 saturated heterocycles. The molecule has 0 aliphatic heterocycles. The van der Waals surface area contributed by atoms with E-state index in [1.165, 1.54) is 200 Å². The highest BCUT2D eigenvalue weighted by Crippen LogP contribution is 2.28. The Labute approximate surface area is 333 Å². The minimum Gasteiger partial charge on any atom is -0.493 e. The Kier molecular flexibility index (Phi) is 40.0. The Morgan fingerprint density at radius 3 is 1.09 bits per heavy atom. The molecule has 0 heterocycles. The van der Waals surface area contributed by atoms with Gasteiger partial charge < -0.3 is 14.6 Å². The van der Waals surface area contributed by atoms with Gasteiger partial charge in [-0.1, -0.05) is 219 Å². The van der Waals surface area contributed by atoms with Crippen molar-refractivity contribution in [3.63, 3.8) is 0 Å². The minimum absolute atomic E-state index is 0.247. The predicted molar refractivity (Wildman–Crippen MR) is 229 cm³/mol. The van der Waals surface area contributed by atoms with Gasteiger partial charge in [-0.3, -0.25) is 14.4 Å². The van der Waals surface area contributed by atoms with Crippen molar-refractivity contribution in [1.82, 2.24) is 0 Å². The Morgan fingerprint density at radius 1 is 0.481 bits per heavy atom. The number of methoxy groups -OCH3 is 1. The van der Waals surface area contributed by atoms with Crippen molar-refractivity contribution in [2.75, 3.05) is 7.11 Å². The SMILES string of the molecule is CCCCCCCCCCCCCCCCCCCC(=O)O.CCCCCCCCCCCCCCCCCCCC(=O)Oc1ccc(C=O)cc1OC. The van der Waals surface area contributed by atoms with Crippen LogP contribution >= 0.6 is 0 Å². The van der Waals surface area contributed by atoms with Gasteiger partial charge in [-0.15, -0.1) is 0 Å². The maximum atomic E-state index is 12.0. The Morgan fingerprint density at radius 2 is 0.796 bits per heavy atom. The van der Waals surface area contributed by atoms with Crippen molar-refractivity contribution in [1.29, 1.82) is 0 Å². The lowest BCUT2D eigenvalue weighted by Crippen LogP contribution is -2.08. The van der Waals surface area contributed by atoms with E-state index in [1.807, 2.05) is 0 Å². The molecule has 1 aromatic rings. The zero-order chi connectivity index (χ0) is 39.6. The van der Waals surface area contributed by atoms with Crippen LogP contribution in [0.5, 0.6) is 11.5 Å². The van der Waals surface area contributed by atoms with Gasteiger partial charge in [0.25, 0.3) is 0 Å². The molecular weight excluding hydrogens is 673 g/mol. The van der Waals surface area contributed by atoms with E-state index in [4.69, 9.17) is 14.6 Å². The summed E-state index contributed by atoms with van der Waals surface area (Å²) >= 11 is 0. The number of aldehydes is 1. The monoisotopic (exact) mass is 759 g/mol. The number of carbonyl (C=O) groups excluding carboxylic acids is 2. The molecule has 0 atom stereocenters. The fourth-order valence-electron chi connectivity index (χ4n) is 7.01. The molecule has 6 heteroatoms. The zero-order valence-electron chi connectivity index (χ0n) is 35.8. The van der Waals surface area contributed by atoms with Gasteiger partial charge in [0.05, 0.1) is 7.11 Å². The first-order chi connectivity index (χ1) is 26.5. The van der Waals surface area contributed by atoms with E-state index in [2.05, 4.69) is 13.8 Å². The van der Waals surface area contributed by atoms with Crippen LogP contribution in [0.15, 0.2) is 18.2 Å². The van der Waals surface area contributed by atoms with Crippen LogP contribution in [0.1, 0.15) is 255 Å². The Balaban J connectivity index is 0.00000112. The van der Waals surface area contributed by atoms with Crippen LogP contribution < -0.4 is 9.47 Å². The van der Waals surface area contributed by atoms with Crippen LogP contribution in [-0.2, 0) is 9.59 Å². The molecule has 0 spiro atoms. The normalized spacial score (nSPS) is 10.9. The topological polar surface area (TPSA) is 89.9 Å². The Bertz CT molecular complexity index is 976. The van der Waals surface area contributed by atoms with Crippen molar-refractivity contribution in [2.45, 2.75) is 245 Å². The molecule has 1 aromatic carbocycles. The molecule has 314 valence electrons. The summed E-state index contributed by atoms with van der Waals surface area (Å²) in [5.74, 6) is -0.121. The summed E-state index contributed by atoms with van der Waals surface area (Å²) < 4.78 is 10.6. The quantitative estimate of drug-likeness (QED) is 0.0311. The van der Waals surface area contributed by atoms with E-state index in [0.29, 0.717) is 29.9 Å². The lowest BCUT2D eigenvalue weighted by molar-refractivity contribution is -0.137. The second kappa shape index (κ2) is 41.8. The zero-order valence-corrected chi connectivity index (χ0v) is 35.8. The molecule has 1 rings (SSSR count). The number of carboxylic acids is 1. The van der Waals surface area contributed by atoms with Crippen LogP contribution in [0, 0.1) is 0 Å². The highest BCUT2D eigenvalue weighted by atomic mass is 16.6. The molecule has 0 saturated carbocycles. The van der Waals surface area contributed by atoms with Crippen LogP contribution in [0.4, 0.5) is 0 Å². The third-order valence-electron chi connectivity index (χ3n) is 10.5. The second-order valence-corrected chi connectivity index (χ2v) is 15.7. The van der Waals surface area contributed by atoms with Crippen molar-refractivity contribution in [3.05, 3.63) is 23.8 Å².